The highest BCUT2D eigenvalue weighted by atomic mass is 19.1. The van der Waals surface area contributed by atoms with Crippen molar-refractivity contribution in [1.82, 2.24) is 0 Å². The van der Waals surface area contributed by atoms with Crippen LogP contribution in [0, 0.1) is 11.6 Å². The van der Waals surface area contributed by atoms with Gasteiger partial charge >= 0.3 is 11.9 Å². The van der Waals surface area contributed by atoms with E-state index in [4.69, 9.17) is 9.47 Å². The third kappa shape index (κ3) is 4.15. The number of rotatable bonds is 4. The number of aliphatic imine (C=N–C) groups is 1. The monoisotopic (exact) mass is 405 g/mol. The van der Waals surface area contributed by atoms with E-state index in [-0.39, 0.29) is 22.9 Å². The average Bonchev–Trinajstić information content (AvgIpc) is 3.09. The van der Waals surface area contributed by atoms with Crippen LogP contribution < -0.4 is 4.74 Å². The number of cyclic esters (lactones) is 1. The highest BCUT2D eigenvalue weighted by molar-refractivity contribution is 6.12. The molecule has 5 nitrogen and oxygen atoms in total. The summed E-state index contributed by atoms with van der Waals surface area (Å²) in [6.45, 7) is 0. The SMILES string of the molecule is O=C1OC(c2ccc(F)cc2)=NC1=Cc1cccc(OC(=O)c2ccccc2F)c1. The van der Waals surface area contributed by atoms with Gasteiger partial charge in [-0.1, -0.05) is 24.3 Å². The lowest BCUT2D eigenvalue weighted by Crippen LogP contribution is -2.10. The fourth-order valence-corrected chi connectivity index (χ4v) is 2.74. The first-order valence-electron chi connectivity index (χ1n) is 8.85. The van der Waals surface area contributed by atoms with Crippen LogP contribution in [0.1, 0.15) is 21.5 Å². The van der Waals surface area contributed by atoms with Gasteiger partial charge in [0, 0.05) is 5.56 Å². The normalized spacial score (nSPS) is 14.4. The smallest absolute Gasteiger partial charge is 0.363 e. The molecule has 1 aliphatic rings. The van der Waals surface area contributed by atoms with Crippen molar-refractivity contribution >= 4 is 23.9 Å². The molecule has 7 heteroatoms. The van der Waals surface area contributed by atoms with Gasteiger partial charge in [-0.15, -0.1) is 0 Å². The minimum Gasteiger partial charge on any atom is -0.423 e. The van der Waals surface area contributed by atoms with Crippen molar-refractivity contribution in [3.8, 4) is 5.75 Å². The largest absolute Gasteiger partial charge is 0.423 e. The maximum atomic E-state index is 13.7. The van der Waals surface area contributed by atoms with Gasteiger partial charge in [-0.05, 0) is 60.2 Å². The zero-order valence-corrected chi connectivity index (χ0v) is 15.3. The van der Waals surface area contributed by atoms with Crippen LogP contribution in [-0.2, 0) is 9.53 Å². The third-order valence-electron chi connectivity index (χ3n) is 4.18. The van der Waals surface area contributed by atoms with Crippen molar-refractivity contribution in [2.45, 2.75) is 0 Å². The predicted molar refractivity (Wildman–Crippen MR) is 105 cm³/mol. The number of hydrogen-bond acceptors (Lipinski definition) is 5. The third-order valence-corrected chi connectivity index (χ3v) is 4.18. The Kier molecular flexibility index (Phi) is 5.17. The number of hydrogen-bond donors (Lipinski definition) is 0. The molecule has 0 fully saturated rings. The van der Waals surface area contributed by atoms with E-state index >= 15 is 0 Å². The maximum Gasteiger partial charge on any atom is 0.363 e. The summed E-state index contributed by atoms with van der Waals surface area (Å²) in [7, 11) is 0. The van der Waals surface area contributed by atoms with Crippen molar-refractivity contribution < 1.29 is 27.8 Å². The molecule has 0 unspecified atom stereocenters. The zero-order chi connectivity index (χ0) is 21.1. The Balaban J connectivity index is 1.56. The predicted octanol–water partition coefficient (Wildman–Crippen LogP) is 4.53. The maximum absolute atomic E-state index is 13.7. The van der Waals surface area contributed by atoms with Crippen LogP contribution in [0.5, 0.6) is 5.75 Å². The molecule has 0 aromatic heterocycles. The zero-order valence-electron chi connectivity index (χ0n) is 15.3. The van der Waals surface area contributed by atoms with Gasteiger partial charge in [0.2, 0.25) is 5.90 Å². The van der Waals surface area contributed by atoms with Crippen LogP contribution in [-0.4, -0.2) is 17.8 Å². The minimum atomic E-state index is -0.838. The second-order valence-electron chi connectivity index (χ2n) is 6.28. The molecule has 1 aliphatic heterocycles. The van der Waals surface area contributed by atoms with Gasteiger partial charge in [0.05, 0.1) is 5.56 Å². The van der Waals surface area contributed by atoms with E-state index < -0.39 is 23.6 Å². The topological polar surface area (TPSA) is 65.0 Å². The van der Waals surface area contributed by atoms with Gasteiger partial charge in [-0.2, -0.15) is 0 Å². The second kappa shape index (κ2) is 8.08. The molecular weight excluding hydrogens is 392 g/mol. The standard InChI is InChI=1S/C23H13F2NO4/c24-16-10-8-15(9-11-16)21-26-20(23(28)30-21)13-14-4-3-5-17(12-14)29-22(27)18-6-1-2-7-19(18)25/h1-13H. The molecule has 4 rings (SSSR count). The Bertz CT molecular complexity index is 1200. The summed E-state index contributed by atoms with van der Waals surface area (Å²) in [6.07, 6.45) is 1.46. The lowest BCUT2D eigenvalue weighted by Gasteiger charge is -2.06. The van der Waals surface area contributed by atoms with Crippen LogP contribution in [0.15, 0.2) is 83.5 Å². The molecule has 0 saturated carbocycles. The fourth-order valence-electron chi connectivity index (χ4n) is 2.74. The van der Waals surface area contributed by atoms with Crippen molar-refractivity contribution in [2.24, 2.45) is 4.99 Å². The summed E-state index contributed by atoms with van der Waals surface area (Å²) >= 11 is 0. The molecule has 0 spiro atoms. The molecule has 1 heterocycles. The molecule has 0 N–H and O–H groups in total. The summed E-state index contributed by atoms with van der Waals surface area (Å²) in [5.41, 5.74) is 0.826. The summed E-state index contributed by atoms with van der Waals surface area (Å²) in [4.78, 5) is 28.4. The van der Waals surface area contributed by atoms with Gasteiger partial charge in [0.1, 0.15) is 17.4 Å². The highest BCUT2D eigenvalue weighted by Crippen LogP contribution is 2.22. The van der Waals surface area contributed by atoms with E-state index in [1.807, 2.05) is 0 Å². The first kappa shape index (κ1) is 19.2. The van der Waals surface area contributed by atoms with Gasteiger partial charge in [-0.3, -0.25) is 0 Å². The van der Waals surface area contributed by atoms with Crippen LogP contribution in [0.3, 0.4) is 0 Å². The lowest BCUT2D eigenvalue weighted by atomic mass is 10.2. The second-order valence-corrected chi connectivity index (χ2v) is 6.28. The molecule has 148 valence electrons. The van der Waals surface area contributed by atoms with Gasteiger partial charge < -0.3 is 9.47 Å². The molecule has 3 aromatic rings. The molecule has 3 aromatic carbocycles. The Hall–Kier alpha value is -4.13. The van der Waals surface area contributed by atoms with Crippen LogP contribution >= 0.6 is 0 Å². The minimum absolute atomic E-state index is 0.0342. The number of carbonyl (C=O) groups is 2. The number of nitrogens with zero attached hydrogens (tertiary/aromatic N) is 1. The number of ether oxygens (including phenoxy) is 2. The van der Waals surface area contributed by atoms with Crippen molar-refractivity contribution in [3.05, 3.63) is 107 Å². The fraction of sp³-hybridized carbons (Fsp3) is 0. The van der Waals surface area contributed by atoms with E-state index in [0.717, 1.165) is 0 Å². The number of benzene rings is 3. The Morgan fingerprint density at radius 1 is 0.967 bits per heavy atom. The molecule has 0 radical (unpaired) electrons. The average molecular weight is 405 g/mol. The quantitative estimate of drug-likeness (QED) is 0.364. The lowest BCUT2D eigenvalue weighted by molar-refractivity contribution is -0.129. The molecule has 0 saturated heterocycles. The van der Waals surface area contributed by atoms with Crippen molar-refractivity contribution in [1.29, 1.82) is 0 Å². The summed E-state index contributed by atoms with van der Waals surface area (Å²) in [5, 5.41) is 0. The highest BCUT2D eigenvalue weighted by Gasteiger charge is 2.24. The van der Waals surface area contributed by atoms with E-state index in [1.54, 1.807) is 12.1 Å². The number of carbonyl (C=O) groups excluding carboxylic acids is 2. The van der Waals surface area contributed by atoms with Crippen LogP contribution in [0.4, 0.5) is 8.78 Å². The van der Waals surface area contributed by atoms with E-state index in [2.05, 4.69) is 4.99 Å². The van der Waals surface area contributed by atoms with Crippen LogP contribution in [0.25, 0.3) is 6.08 Å². The Morgan fingerprint density at radius 3 is 2.50 bits per heavy atom. The molecule has 0 bridgehead atoms. The van der Waals surface area contributed by atoms with Crippen molar-refractivity contribution in [3.63, 3.8) is 0 Å². The molecular formula is C23H13F2NO4. The first-order chi connectivity index (χ1) is 14.5. The Labute approximate surface area is 169 Å². The summed E-state index contributed by atoms with van der Waals surface area (Å²) < 4.78 is 37.1. The summed E-state index contributed by atoms with van der Waals surface area (Å²) in [5.74, 6) is -2.36. The van der Waals surface area contributed by atoms with E-state index in [0.29, 0.717) is 11.1 Å². The Morgan fingerprint density at radius 2 is 1.73 bits per heavy atom. The van der Waals surface area contributed by atoms with E-state index in [9.17, 15) is 18.4 Å². The van der Waals surface area contributed by atoms with Gasteiger partial charge in [0.15, 0.2) is 5.70 Å². The van der Waals surface area contributed by atoms with E-state index in [1.165, 1.54) is 66.7 Å². The molecule has 0 aliphatic carbocycles. The summed E-state index contributed by atoms with van der Waals surface area (Å²) in [6, 6.07) is 17.2. The number of halogens is 2. The molecule has 0 amide bonds. The number of esters is 2. The van der Waals surface area contributed by atoms with Gasteiger partial charge in [0.25, 0.3) is 0 Å². The molecule has 30 heavy (non-hydrogen) atoms. The van der Waals surface area contributed by atoms with Gasteiger partial charge in [-0.25, -0.2) is 23.4 Å². The van der Waals surface area contributed by atoms with Crippen LogP contribution in [0.2, 0.25) is 0 Å². The first-order valence-corrected chi connectivity index (χ1v) is 8.85. The van der Waals surface area contributed by atoms with Crippen molar-refractivity contribution in [2.75, 3.05) is 0 Å². The molecule has 0 atom stereocenters.